The number of aryl methyl sites for hydroxylation is 1. The van der Waals surface area contributed by atoms with Gasteiger partial charge in [0, 0.05) is 18.6 Å². The molecular weight excluding hydrogens is 424 g/mol. The summed E-state index contributed by atoms with van der Waals surface area (Å²) in [5.41, 5.74) is 2.57. The van der Waals surface area contributed by atoms with Gasteiger partial charge in [-0.15, -0.1) is 0 Å². The van der Waals surface area contributed by atoms with E-state index in [0.29, 0.717) is 13.1 Å². The Kier molecular flexibility index (Phi) is 7.98. The van der Waals surface area contributed by atoms with Crippen molar-refractivity contribution in [1.82, 2.24) is 19.8 Å². The Bertz CT molecular complexity index is 1020. The molecule has 8 heteroatoms. The predicted octanol–water partition coefficient (Wildman–Crippen LogP) is 4.61. The average Bonchev–Trinajstić information content (AvgIpc) is 3.16. The van der Waals surface area contributed by atoms with Gasteiger partial charge in [-0.2, -0.15) is 0 Å². The lowest BCUT2D eigenvalue weighted by Gasteiger charge is -2.29. The van der Waals surface area contributed by atoms with Gasteiger partial charge in [0.25, 0.3) is 0 Å². The highest BCUT2D eigenvalue weighted by Gasteiger charge is 2.30. The van der Waals surface area contributed by atoms with Gasteiger partial charge >= 0.3 is 6.03 Å². The van der Waals surface area contributed by atoms with Gasteiger partial charge < -0.3 is 14.8 Å². The highest BCUT2D eigenvalue weighted by molar-refractivity contribution is 7.90. The van der Waals surface area contributed by atoms with E-state index in [0.717, 1.165) is 42.5 Å². The number of carbonyl (C=O) groups excluding carboxylic acids is 1. The molecule has 1 aliphatic carbocycles. The molecule has 0 aliphatic heterocycles. The Morgan fingerprint density at radius 2 is 1.97 bits per heavy atom. The van der Waals surface area contributed by atoms with Crippen molar-refractivity contribution in [1.29, 1.82) is 0 Å². The van der Waals surface area contributed by atoms with Crippen LogP contribution in [0.2, 0.25) is 0 Å². The van der Waals surface area contributed by atoms with E-state index in [1.165, 1.54) is 6.42 Å². The van der Waals surface area contributed by atoms with E-state index in [1.807, 2.05) is 56.5 Å². The van der Waals surface area contributed by atoms with Crippen molar-refractivity contribution >= 4 is 15.9 Å². The monoisotopic (exact) mass is 460 g/mol. The van der Waals surface area contributed by atoms with Gasteiger partial charge in [0.1, 0.15) is 0 Å². The third kappa shape index (κ3) is 5.91. The molecule has 3 rings (SSSR count). The number of sulfone groups is 1. The highest BCUT2D eigenvalue weighted by atomic mass is 32.2. The molecule has 1 aromatic carbocycles. The van der Waals surface area contributed by atoms with Crippen LogP contribution in [0.5, 0.6) is 0 Å². The number of amides is 2. The number of nitrogens with one attached hydrogen (secondary N) is 1. The van der Waals surface area contributed by atoms with Crippen LogP contribution in [0.1, 0.15) is 75.7 Å². The van der Waals surface area contributed by atoms with Crippen LogP contribution >= 0.6 is 0 Å². The van der Waals surface area contributed by atoms with Crippen LogP contribution in [-0.4, -0.2) is 41.5 Å². The van der Waals surface area contributed by atoms with Crippen LogP contribution in [0.25, 0.3) is 0 Å². The van der Waals surface area contributed by atoms with Gasteiger partial charge in [-0.25, -0.2) is 18.2 Å². The molecule has 1 aliphatic rings. The zero-order valence-electron chi connectivity index (χ0n) is 19.7. The topological polar surface area (TPSA) is 84.3 Å². The van der Waals surface area contributed by atoms with Crippen molar-refractivity contribution in [3.05, 3.63) is 47.3 Å². The first-order valence-corrected chi connectivity index (χ1v) is 13.3. The Morgan fingerprint density at radius 1 is 1.25 bits per heavy atom. The van der Waals surface area contributed by atoms with E-state index in [1.54, 1.807) is 11.1 Å². The molecule has 0 bridgehead atoms. The summed E-state index contributed by atoms with van der Waals surface area (Å²) in [5, 5.41) is 3.05. The summed E-state index contributed by atoms with van der Waals surface area (Å²) in [4.78, 5) is 18.7. The first-order valence-electron chi connectivity index (χ1n) is 11.6. The minimum atomic E-state index is -3.64. The summed E-state index contributed by atoms with van der Waals surface area (Å²) < 4.78 is 28.8. The molecule has 32 heavy (non-hydrogen) atoms. The molecule has 0 saturated heterocycles. The lowest BCUT2D eigenvalue weighted by molar-refractivity contribution is 0.192. The third-order valence-corrected chi connectivity index (χ3v) is 7.50. The minimum Gasteiger partial charge on any atom is -0.336 e. The lowest BCUT2D eigenvalue weighted by atomic mass is 9.95. The van der Waals surface area contributed by atoms with Gasteiger partial charge in [-0.1, -0.05) is 49.1 Å². The predicted molar refractivity (Wildman–Crippen MR) is 126 cm³/mol. The number of hydrogen-bond acceptors (Lipinski definition) is 4. The maximum absolute atomic E-state index is 13.4. The summed E-state index contributed by atoms with van der Waals surface area (Å²) in [7, 11) is -3.64. The minimum absolute atomic E-state index is 0.0325. The fraction of sp³-hybridized carbons (Fsp3) is 0.583. The first-order chi connectivity index (χ1) is 15.2. The Morgan fingerprint density at radius 3 is 2.59 bits per heavy atom. The van der Waals surface area contributed by atoms with Crippen LogP contribution in [0.15, 0.2) is 35.6 Å². The fourth-order valence-corrected chi connectivity index (χ4v) is 5.93. The Hall–Kier alpha value is -2.35. The maximum atomic E-state index is 13.4. The van der Waals surface area contributed by atoms with E-state index in [-0.39, 0.29) is 29.0 Å². The highest BCUT2D eigenvalue weighted by Crippen LogP contribution is 2.33. The normalized spacial score (nSPS) is 15.2. The van der Waals surface area contributed by atoms with Crippen LogP contribution < -0.4 is 5.32 Å². The molecule has 7 nitrogen and oxygen atoms in total. The maximum Gasteiger partial charge on any atom is 0.317 e. The number of hydrogen-bond donors (Lipinski definition) is 1. The Balaban J connectivity index is 1.96. The summed E-state index contributed by atoms with van der Waals surface area (Å²) in [6.07, 6.45) is 6.82. The molecule has 0 atom stereocenters. The van der Waals surface area contributed by atoms with E-state index in [9.17, 15) is 13.2 Å². The second-order valence-electron chi connectivity index (χ2n) is 9.06. The summed E-state index contributed by atoms with van der Waals surface area (Å²) in [6, 6.07) is 7.56. The van der Waals surface area contributed by atoms with E-state index in [2.05, 4.69) is 10.3 Å². The van der Waals surface area contributed by atoms with Gasteiger partial charge in [-0.05, 0) is 46.1 Å². The third-order valence-electron chi connectivity index (χ3n) is 5.93. The molecule has 0 spiro atoms. The van der Waals surface area contributed by atoms with Crippen molar-refractivity contribution in [3.63, 3.8) is 0 Å². The molecule has 176 valence electrons. The summed E-state index contributed by atoms with van der Waals surface area (Å²) in [6.45, 7) is 8.59. The second-order valence-corrected chi connectivity index (χ2v) is 10.9. The van der Waals surface area contributed by atoms with E-state index in [4.69, 9.17) is 0 Å². The lowest BCUT2D eigenvalue weighted by Crippen LogP contribution is -2.42. The van der Waals surface area contributed by atoms with Crippen LogP contribution in [0.3, 0.4) is 0 Å². The molecule has 1 aromatic heterocycles. The molecule has 2 aromatic rings. The zero-order chi connectivity index (χ0) is 23.3. The molecule has 1 N–H and O–H groups in total. The van der Waals surface area contributed by atoms with Crippen molar-refractivity contribution < 1.29 is 13.2 Å². The summed E-state index contributed by atoms with van der Waals surface area (Å²) >= 11 is 0. The number of urea groups is 1. The van der Waals surface area contributed by atoms with E-state index < -0.39 is 9.84 Å². The standard InChI is InChI=1S/C24H36N4O3S/c1-5-27(23(29)26-18(2)3)16-22-15-25-24(28(22)21-12-7-6-8-13-21)32(30,31)17-20-11-9-10-19(4)14-20/h9-11,14-15,18,21H,5-8,12-13,16-17H2,1-4H3,(H,26,29). The van der Waals surface area contributed by atoms with Crippen LogP contribution in [0, 0.1) is 6.92 Å². The second kappa shape index (κ2) is 10.5. The number of rotatable bonds is 8. The van der Waals surface area contributed by atoms with Crippen LogP contribution in [0.4, 0.5) is 4.79 Å². The van der Waals surface area contributed by atoms with Gasteiger partial charge in [0.2, 0.25) is 15.0 Å². The molecule has 1 fully saturated rings. The van der Waals surface area contributed by atoms with Crippen molar-refractivity contribution in [2.45, 2.75) is 89.3 Å². The van der Waals surface area contributed by atoms with Gasteiger partial charge in [-0.3, -0.25) is 0 Å². The molecule has 1 heterocycles. The van der Waals surface area contributed by atoms with Crippen molar-refractivity contribution in [3.8, 4) is 0 Å². The number of imidazole rings is 1. The number of benzene rings is 1. The molecule has 1 saturated carbocycles. The van der Waals surface area contributed by atoms with Gasteiger partial charge in [0.15, 0.2) is 0 Å². The van der Waals surface area contributed by atoms with Gasteiger partial charge in [0.05, 0.1) is 24.2 Å². The van der Waals surface area contributed by atoms with Crippen molar-refractivity contribution in [2.24, 2.45) is 0 Å². The zero-order valence-corrected chi connectivity index (χ0v) is 20.5. The molecular formula is C24H36N4O3S. The SMILES string of the molecule is CCN(Cc1cnc(S(=O)(=O)Cc2cccc(C)c2)n1C1CCCCC1)C(=O)NC(C)C. The fourth-order valence-electron chi connectivity index (χ4n) is 4.40. The quantitative estimate of drug-likeness (QED) is 0.623. The first kappa shape index (κ1) is 24.3. The number of carbonyl (C=O) groups is 1. The molecule has 2 amide bonds. The number of aromatic nitrogens is 2. The van der Waals surface area contributed by atoms with E-state index >= 15 is 0 Å². The Labute approximate surface area is 192 Å². The average molecular weight is 461 g/mol. The molecule has 0 unspecified atom stereocenters. The van der Waals surface area contributed by atoms with Crippen molar-refractivity contribution in [2.75, 3.05) is 6.54 Å². The largest absolute Gasteiger partial charge is 0.336 e. The van der Waals surface area contributed by atoms with Crippen LogP contribution in [-0.2, 0) is 22.1 Å². The number of nitrogens with zero attached hydrogens (tertiary/aromatic N) is 3. The smallest absolute Gasteiger partial charge is 0.317 e. The molecule has 0 radical (unpaired) electrons. The summed E-state index contributed by atoms with van der Waals surface area (Å²) in [5.74, 6) is -0.0802.